The Bertz CT molecular complexity index is 433. The number of aromatic nitrogens is 2. The van der Waals surface area contributed by atoms with E-state index in [2.05, 4.69) is 15.3 Å². The molecule has 1 N–H and O–H groups in total. The van der Waals surface area contributed by atoms with Crippen molar-refractivity contribution in [2.45, 2.75) is 33.3 Å². The van der Waals surface area contributed by atoms with Crippen molar-refractivity contribution in [1.82, 2.24) is 20.3 Å². The van der Waals surface area contributed by atoms with Gasteiger partial charge in [-0.2, -0.15) is 0 Å². The molecule has 0 fully saturated rings. The summed E-state index contributed by atoms with van der Waals surface area (Å²) in [6, 6.07) is 1.73. The third-order valence-corrected chi connectivity index (χ3v) is 2.56. The van der Waals surface area contributed by atoms with Gasteiger partial charge in [-0.3, -0.25) is 0 Å². The van der Waals surface area contributed by atoms with Gasteiger partial charge in [0, 0.05) is 26.0 Å². The van der Waals surface area contributed by atoms with E-state index < -0.39 is 11.7 Å². The molecule has 0 radical (unpaired) electrons. The van der Waals surface area contributed by atoms with Crippen LogP contribution in [0.25, 0.3) is 0 Å². The highest BCUT2D eigenvalue weighted by atomic mass is 16.6. The van der Waals surface area contributed by atoms with Crippen LogP contribution in [0.15, 0.2) is 18.5 Å². The molecule has 1 aromatic heterocycles. The third-order valence-electron chi connectivity index (χ3n) is 2.56. The Kier molecular flexibility index (Phi) is 6.36. The molecule has 0 saturated heterocycles. The molecule has 0 aliphatic rings. The fraction of sp³-hybridized carbons (Fsp3) is 0.643. The van der Waals surface area contributed by atoms with Gasteiger partial charge in [0.05, 0.1) is 6.54 Å². The van der Waals surface area contributed by atoms with Crippen LogP contribution in [0.4, 0.5) is 10.7 Å². The predicted molar refractivity (Wildman–Crippen MR) is 81.9 cm³/mol. The highest BCUT2D eigenvalue weighted by Crippen LogP contribution is 2.13. The van der Waals surface area contributed by atoms with Gasteiger partial charge in [-0.25, -0.2) is 24.8 Å². The maximum absolute atomic E-state index is 12.3. The van der Waals surface area contributed by atoms with Gasteiger partial charge in [0.2, 0.25) is 5.95 Å². The van der Waals surface area contributed by atoms with Crippen molar-refractivity contribution in [3.63, 3.8) is 0 Å². The van der Waals surface area contributed by atoms with Crippen LogP contribution in [-0.2, 0) is 4.74 Å². The van der Waals surface area contributed by atoms with Crippen LogP contribution in [-0.4, -0.2) is 53.4 Å². The fourth-order valence-electron chi connectivity index (χ4n) is 1.61. The number of rotatable bonds is 6. The maximum Gasteiger partial charge on any atom is 0.429 e. The molecule has 0 spiro atoms. The lowest BCUT2D eigenvalue weighted by molar-refractivity contribution is 0.0236. The Hall–Kier alpha value is -1.89. The zero-order chi connectivity index (χ0) is 15.9. The van der Waals surface area contributed by atoms with Crippen molar-refractivity contribution in [3.05, 3.63) is 18.5 Å². The van der Waals surface area contributed by atoms with E-state index in [4.69, 9.17) is 4.74 Å². The first-order chi connectivity index (χ1) is 9.85. The third kappa shape index (κ3) is 5.95. The van der Waals surface area contributed by atoms with Crippen molar-refractivity contribution in [1.29, 1.82) is 0 Å². The van der Waals surface area contributed by atoms with Crippen molar-refractivity contribution < 1.29 is 9.53 Å². The number of nitrogens with one attached hydrogen (secondary N) is 1. The SMILES string of the molecule is CCNCCN(C(=O)OC(C)(C)C)N(C)c1ncccn1. The summed E-state index contributed by atoms with van der Waals surface area (Å²) in [6.45, 7) is 9.51. The topological polar surface area (TPSA) is 70.6 Å². The average Bonchev–Trinajstić information content (AvgIpc) is 2.42. The number of amides is 1. The number of carbonyl (C=O) groups is 1. The summed E-state index contributed by atoms with van der Waals surface area (Å²) in [7, 11) is 1.74. The molecule has 1 aromatic rings. The standard InChI is InChI=1S/C14H25N5O2/c1-6-15-10-11-19(13(20)21-14(2,3)4)18(5)12-16-8-7-9-17-12/h7-9,15H,6,10-11H2,1-5H3. The van der Waals surface area contributed by atoms with Crippen molar-refractivity contribution >= 4 is 12.0 Å². The van der Waals surface area contributed by atoms with Crippen molar-refractivity contribution in [2.75, 3.05) is 31.7 Å². The Morgan fingerprint density at radius 1 is 1.33 bits per heavy atom. The van der Waals surface area contributed by atoms with E-state index in [9.17, 15) is 4.79 Å². The van der Waals surface area contributed by atoms with E-state index in [0.29, 0.717) is 19.0 Å². The summed E-state index contributed by atoms with van der Waals surface area (Å²) in [4.78, 5) is 20.6. The molecule has 0 saturated carbocycles. The van der Waals surface area contributed by atoms with Gasteiger partial charge >= 0.3 is 6.09 Å². The zero-order valence-corrected chi connectivity index (χ0v) is 13.5. The van der Waals surface area contributed by atoms with Gasteiger partial charge in [0.25, 0.3) is 0 Å². The first-order valence-electron chi connectivity index (χ1n) is 7.07. The Morgan fingerprint density at radius 3 is 2.48 bits per heavy atom. The minimum Gasteiger partial charge on any atom is -0.442 e. The molecule has 0 aromatic carbocycles. The molecule has 0 aliphatic heterocycles. The number of hydrazine groups is 1. The average molecular weight is 295 g/mol. The predicted octanol–water partition coefficient (Wildman–Crippen LogP) is 1.67. The summed E-state index contributed by atoms with van der Waals surface area (Å²) in [5, 5.41) is 6.28. The van der Waals surface area contributed by atoms with Crippen LogP contribution in [0.1, 0.15) is 27.7 Å². The van der Waals surface area contributed by atoms with E-state index in [1.54, 1.807) is 30.5 Å². The molecular weight excluding hydrogens is 270 g/mol. The molecule has 21 heavy (non-hydrogen) atoms. The molecule has 0 bridgehead atoms. The smallest absolute Gasteiger partial charge is 0.429 e. The molecule has 1 rings (SSSR count). The molecule has 7 nitrogen and oxygen atoms in total. The first-order valence-corrected chi connectivity index (χ1v) is 7.07. The van der Waals surface area contributed by atoms with Crippen LogP contribution in [0.5, 0.6) is 0 Å². The minimum absolute atomic E-state index is 0.421. The Balaban J connectivity index is 2.83. The minimum atomic E-state index is -0.550. The van der Waals surface area contributed by atoms with Crippen LogP contribution in [0.2, 0.25) is 0 Å². The Morgan fingerprint density at radius 2 is 1.95 bits per heavy atom. The van der Waals surface area contributed by atoms with Gasteiger partial charge in [-0.05, 0) is 33.4 Å². The lowest BCUT2D eigenvalue weighted by Crippen LogP contribution is -2.50. The van der Waals surface area contributed by atoms with Gasteiger partial charge < -0.3 is 10.1 Å². The van der Waals surface area contributed by atoms with Crippen molar-refractivity contribution in [3.8, 4) is 0 Å². The summed E-state index contributed by atoms with van der Waals surface area (Å²) in [6.07, 6.45) is 2.85. The lowest BCUT2D eigenvalue weighted by Gasteiger charge is -2.33. The number of hydrogen-bond donors (Lipinski definition) is 1. The molecule has 118 valence electrons. The second kappa shape index (κ2) is 7.78. The maximum atomic E-state index is 12.3. The molecule has 1 heterocycles. The summed E-state index contributed by atoms with van der Waals surface area (Å²) < 4.78 is 5.44. The van der Waals surface area contributed by atoms with Gasteiger partial charge in [0.15, 0.2) is 0 Å². The number of nitrogens with zero attached hydrogens (tertiary/aromatic N) is 4. The second-order valence-electron chi connectivity index (χ2n) is 5.53. The fourth-order valence-corrected chi connectivity index (χ4v) is 1.61. The summed E-state index contributed by atoms with van der Waals surface area (Å²) >= 11 is 0. The van der Waals surface area contributed by atoms with Crippen LogP contribution in [0, 0.1) is 0 Å². The van der Waals surface area contributed by atoms with Crippen LogP contribution in [0.3, 0.4) is 0 Å². The highest BCUT2D eigenvalue weighted by Gasteiger charge is 2.26. The van der Waals surface area contributed by atoms with E-state index in [-0.39, 0.29) is 0 Å². The Labute approximate surface area is 126 Å². The number of hydrogen-bond acceptors (Lipinski definition) is 6. The molecule has 0 unspecified atom stereocenters. The molecule has 0 atom stereocenters. The van der Waals surface area contributed by atoms with E-state index in [0.717, 1.165) is 6.54 Å². The van der Waals surface area contributed by atoms with Crippen LogP contribution < -0.4 is 10.3 Å². The normalized spacial score (nSPS) is 11.1. The van der Waals surface area contributed by atoms with Crippen molar-refractivity contribution in [2.24, 2.45) is 0 Å². The molecular formula is C14H25N5O2. The van der Waals surface area contributed by atoms with Gasteiger partial charge in [-0.15, -0.1) is 0 Å². The number of ether oxygens (including phenoxy) is 1. The molecule has 7 heteroatoms. The largest absolute Gasteiger partial charge is 0.442 e. The van der Waals surface area contributed by atoms with E-state index in [1.807, 2.05) is 27.7 Å². The second-order valence-corrected chi connectivity index (χ2v) is 5.53. The number of anilines is 1. The van der Waals surface area contributed by atoms with E-state index in [1.165, 1.54) is 5.01 Å². The monoisotopic (exact) mass is 295 g/mol. The van der Waals surface area contributed by atoms with E-state index >= 15 is 0 Å². The quantitative estimate of drug-likeness (QED) is 0.636. The lowest BCUT2D eigenvalue weighted by atomic mass is 10.2. The van der Waals surface area contributed by atoms with Gasteiger partial charge in [0.1, 0.15) is 5.60 Å². The summed E-state index contributed by atoms with van der Waals surface area (Å²) in [5.41, 5.74) is -0.550. The number of carbonyl (C=O) groups excluding carboxylic acids is 1. The van der Waals surface area contributed by atoms with Crippen LogP contribution >= 0.6 is 0 Å². The highest BCUT2D eigenvalue weighted by molar-refractivity contribution is 5.70. The molecule has 1 amide bonds. The molecule has 0 aliphatic carbocycles. The zero-order valence-electron chi connectivity index (χ0n) is 13.5. The summed E-state index contributed by atoms with van der Waals surface area (Å²) in [5.74, 6) is 0.444. The number of likely N-dealkylation sites (N-methyl/N-ethyl adjacent to an activating group) is 1. The first kappa shape index (κ1) is 17.2. The van der Waals surface area contributed by atoms with Gasteiger partial charge in [-0.1, -0.05) is 6.92 Å².